The summed E-state index contributed by atoms with van der Waals surface area (Å²) < 4.78 is 5.82. The third-order valence-corrected chi connectivity index (χ3v) is 3.56. The summed E-state index contributed by atoms with van der Waals surface area (Å²) in [7, 11) is 0. The molecule has 5 heteroatoms. The Bertz CT molecular complexity index is 248. The molecule has 1 fully saturated rings. The summed E-state index contributed by atoms with van der Waals surface area (Å²) in [6, 6.07) is 0. The highest BCUT2D eigenvalue weighted by molar-refractivity contribution is 5.64. The van der Waals surface area contributed by atoms with Crippen LogP contribution in [0.4, 0.5) is 4.79 Å². The van der Waals surface area contributed by atoms with E-state index in [9.17, 15) is 4.79 Å². The lowest BCUT2D eigenvalue weighted by Crippen LogP contribution is -2.41. The SMILES string of the molecule is CCCCC(CC)C1OCCN1CCNC(=O)O. The topological polar surface area (TPSA) is 61.8 Å². The minimum absolute atomic E-state index is 0.178. The summed E-state index contributed by atoms with van der Waals surface area (Å²) in [6.45, 7) is 7.29. The molecule has 2 atom stereocenters. The molecule has 1 rings (SSSR count). The predicted molar refractivity (Wildman–Crippen MR) is 70.6 cm³/mol. The van der Waals surface area contributed by atoms with Crippen LogP contribution >= 0.6 is 0 Å². The Kier molecular flexibility index (Phi) is 7.05. The highest BCUT2D eigenvalue weighted by atomic mass is 16.5. The van der Waals surface area contributed by atoms with E-state index in [1.807, 2.05) is 0 Å². The molecule has 1 amide bonds. The fourth-order valence-electron chi connectivity index (χ4n) is 2.52. The van der Waals surface area contributed by atoms with Crippen LogP contribution in [-0.4, -0.2) is 48.6 Å². The van der Waals surface area contributed by atoms with Crippen LogP contribution in [0.1, 0.15) is 39.5 Å². The second-order valence-electron chi connectivity index (χ2n) is 4.84. The zero-order valence-electron chi connectivity index (χ0n) is 11.5. The van der Waals surface area contributed by atoms with Gasteiger partial charge in [0.1, 0.15) is 6.23 Å². The Balaban J connectivity index is 2.38. The summed E-state index contributed by atoms with van der Waals surface area (Å²) in [6.07, 6.45) is 3.99. The predicted octanol–water partition coefficient (Wildman–Crippen LogP) is 2.13. The van der Waals surface area contributed by atoms with Crippen molar-refractivity contribution in [1.82, 2.24) is 10.2 Å². The van der Waals surface area contributed by atoms with Gasteiger partial charge in [-0.3, -0.25) is 4.90 Å². The van der Waals surface area contributed by atoms with Crippen molar-refractivity contribution in [2.75, 3.05) is 26.2 Å². The molecule has 1 aliphatic heterocycles. The first-order chi connectivity index (χ1) is 8.69. The molecule has 0 aromatic carbocycles. The standard InChI is InChI=1S/C13H26N2O3/c1-3-5-6-11(4-2)12-15(9-10-18-12)8-7-14-13(16)17/h11-12,14H,3-10H2,1-2H3,(H,16,17). The van der Waals surface area contributed by atoms with Gasteiger partial charge in [0.2, 0.25) is 0 Å². The lowest BCUT2D eigenvalue weighted by molar-refractivity contribution is -0.0174. The molecular formula is C13H26N2O3. The Hall–Kier alpha value is -0.810. The molecule has 0 spiro atoms. The fourth-order valence-corrected chi connectivity index (χ4v) is 2.52. The van der Waals surface area contributed by atoms with Gasteiger partial charge in [0, 0.05) is 19.6 Å². The van der Waals surface area contributed by atoms with Crippen molar-refractivity contribution < 1.29 is 14.6 Å². The monoisotopic (exact) mass is 258 g/mol. The van der Waals surface area contributed by atoms with Crippen molar-refractivity contribution >= 4 is 6.09 Å². The molecule has 0 aliphatic carbocycles. The number of rotatable bonds is 8. The second-order valence-corrected chi connectivity index (χ2v) is 4.84. The minimum Gasteiger partial charge on any atom is -0.465 e. The number of carboxylic acid groups (broad SMARTS) is 1. The summed E-state index contributed by atoms with van der Waals surface area (Å²) in [5.74, 6) is 0.567. The van der Waals surface area contributed by atoms with Crippen molar-refractivity contribution in [3.05, 3.63) is 0 Å². The number of amides is 1. The van der Waals surface area contributed by atoms with Gasteiger partial charge in [0.25, 0.3) is 0 Å². The maximum absolute atomic E-state index is 10.4. The smallest absolute Gasteiger partial charge is 0.404 e. The van der Waals surface area contributed by atoms with Crippen molar-refractivity contribution in [2.45, 2.75) is 45.8 Å². The third kappa shape index (κ3) is 4.82. The molecule has 1 aliphatic rings. The number of ether oxygens (including phenoxy) is 1. The summed E-state index contributed by atoms with van der Waals surface area (Å²) in [5, 5.41) is 11.0. The molecule has 0 bridgehead atoms. The van der Waals surface area contributed by atoms with Crippen LogP contribution < -0.4 is 5.32 Å². The first-order valence-corrected chi connectivity index (χ1v) is 7.01. The largest absolute Gasteiger partial charge is 0.465 e. The summed E-state index contributed by atoms with van der Waals surface area (Å²) in [5.41, 5.74) is 0. The number of hydrogen-bond donors (Lipinski definition) is 2. The average molecular weight is 258 g/mol. The Labute approximate surface area is 109 Å². The van der Waals surface area contributed by atoms with E-state index >= 15 is 0 Å². The second kappa shape index (κ2) is 8.32. The van der Waals surface area contributed by atoms with Crippen LogP contribution in [0.25, 0.3) is 0 Å². The van der Waals surface area contributed by atoms with Crippen LogP contribution in [0.2, 0.25) is 0 Å². The van der Waals surface area contributed by atoms with Crippen LogP contribution in [0.15, 0.2) is 0 Å². The number of nitrogens with zero attached hydrogens (tertiary/aromatic N) is 1. The average Bonchev–Trinajstić information content (AvgIpc) is 2.78. The lowest BCUT2D eigenvalue weighted by atomic mass is 9.97. The van der Waals surface area contributed by atoms with Gasteiger partial charge in [-0.1, -0.05) is 26.7 Å². The highest BCUT2D eigenvalue weighted by Crippen LogP contribution is 2.25. The zero-order chi connectivity index (χ0) is 13.4. The number of hydrogen-bond acceptors (Lipinski definition) is 3. The Morgan fingerprint density at radius 1 is 1.56 bits per heavy atom. The molecule has 5 nitrogen and oxygen atoms in total. The molecule has 18 heavy (non-hydrogen) atoms. The van der Waals surface area contributed by atoms with Gasteiger partial charge in [0.15, 0.2) is 0 Å². The number of nitrogens with one attached hydrogen (secondary N) is 1. The van der Waals surface area contributed by atoms with Gasteiger partial charge in [-0.25, -0.2) is 4.79 Å². The normalized spacial score (nSPS) is 22.0. The molecule has 1 saturated heterocycles. The fraction of sp³-hybridized carbons (Fsp3) is 0.923. The van der Waals surface area contributed by atoms with E-state index in [0.717, 1.165) is 26.1 Å². The quantitative estimate of drug-likeness (QED) is 0.700. The van der Waals surface area contributed by atoms with Crippen molar-refractivity contribution in [2.24, 2.45) is 5.92 Å². The molecule has 0 radical (unpaired) electrons. The minimum atomic E-state index is -0.954. The zero-order valence-corrected chi connectivity index (χ0v) is 11.5. The summed E-state index contributed by atoms with van der Waals surface area (Å²) >= 11 is 0. The van der Waals surface area contributed by atoms with Gasteiger partial charge in [0.05, 0.1) is 6.61 Å². The van der Waals surface area contributed by atoms with E-state index in [4.69, 9.17) is 9.84 Å². The molecule has 2 unspecified atom stereocenters. The van der Waals surface area contributed by atoms with Crippen LogP contribution in [0.3, 0.4) is 0 Å². The van der Waals surface area contributed by atoms with Gasteiger partial charge in [-0.2, -0.15) is 0 Å². The van der Waals surface area contributed by atoms with Gasteiger partial charge < -0.3 is 15.2 Å². The van der Waals surface area contributed by atoms with E-state index in [1.165, 1.54) is 19.3 Å². The first-order valence-electron chi connectivity index (χ1n) is 7.01. The maximum Gasteiger partial charge on any atom is 0.404 e. The molecule has 0 saturated carbocycles. The van der Waals surface area contributed by atoms with Crippen molar-refractivity contribution in [1.29, 1.82) is 0 Å². The Morgan fingerprint density at radius 2 is 2.33 bits per heavy atom. The van der Waals surface area contributed by atoms with E-state index < -0.39 is 6.09 Å². The molecule has 2 N–H and O–H groups in total. The van der Waals surface area contributed by atoms with Gasteiger partial charge in [-0.05, 0) is 18.8 Å². The lowest BCUT2D eigenvalue weighted by Gasteiger charge is -2.29. The van der Waals surface area contributed by atoms with Crippen LogP contribution in [0, 0.1) is 5.92 Å². The molecule has 0 aromatic rings. The van der Waals surface area contributed by atoms with Crippen molar-refractivity contribution in [3.8, 4) is 0 Å². The van der Waals surface area contributed by atoms with Crippen LogP contribution in [0.5, 0.6) is 0 Å². The number of unbranched alkanes of at least 4 members (excludes halogenated alkanes) is 1. The maximum atomic E-state index is 10.4. The third-order valence-electron chi connectivity index (χ3n) is 3.56. The van der Waals surface area contributed by atoms with Crippen molar-refractivity contribution in [3.63, 3.8) is 0 Å². The van der Waals surface area contributed by atoms with E-state index in [2.05, 4.69) is 24.1 Å². The molecule has 1 heterocycles. The molecule has 0 aromatic heterocycles. The highest BCUT2D eigenvalue weighted by Gasteiger charge is 2.30. The molecular weight excluding hydrogens is 232 g/mol. The molecule has 106 valence electrons. The number of carbonyl (C=O) groups is 1. The summed E-state index contributed by atoms with van der Waals surface area (Å²) in [4.78, 5) is 12.7. The van der Waals surface area contributed by atoms with Gasteiger partial charge >= 0.3 is 6.09 Å². The van der Waals surface area contributed by atoms with Crippen LogP contribution in [-0.2, 0) is 4.74 Å². The first kappa shape index (κ1) is 15.2. The van der Waals surface area contributed by atoms with E-state index in [-0.39, 0.29) is 6.23 Å². The van der Waals surface area contributed by atoms with E-state index in [1.54, 1.807) is 0 Å². The van der Waals surface area contributed by atoms with Gasteiger partial charge in [-0.15, -0.1) is 0 Å². The van der Waals surface area contributed by atoms with E-state index in [0.29, 0.717) is 12.5 Å². The Morgan fingerprint density at radius 3 is 2.94 bits per heavy atom.